The van der Waals surface area contributed by atoms with Crippen molar-refractivity contribution in [3.8, 4) is 12.1 Å². The number of para-hydroxylation sites is 2. The van der Waals surface area contributed by atoms with Crippen LogP contribution in [0.3, 0.4) is 0 Å². The Kier molecular flexibility index (Phi) is 6.05. The van der Waals surface area contributed by atoms with E-state index in [1.807, 2.05) is 0 Å². The van der Waals surface area contributed by atoms with Gasteiger partial charge in [0.05, 0.1) is 11.6 Å². The van der Waals surface area contributed by atoms with Crippen LogP contribution in [0, 0.1) is 28.6 Å². The van der Waals surface area contributed by atoms with Crippen molar-refractivity contribution in [1.29, 1.82) is 10.5 Å². The maximum atomic E-state index is 14.3. The molecule has 0 spiro atoms. The zero-order valence-electron chi connectivity index (χ0n) is 16.5. The molecule has 0 aliphatic heterocycles. The maximum Gasteiger partial charge on any atom is 0.416 e. The van der Waals surface area contributed by atoms with Gasteiger partial charge in [0.15, 0.2) is 0 Å². The molecule has 3 rings (SSSR count). The fourth-order valence-corrected chi connectivity index (χ4v) is 4.06. The van der Waals surface area contributed by atoms with Gasteiger partial charge >= 0.3 is 12.4 Å². The van der Waals surface area contributed by atoms with Crippen LogP contribution in [0.25, 0.3) is 0 Å². The van der Waals surface area contributed by atoms with E-state index in [-0.39, 0.29) is 11.4 Å². The summed E-state index contributed by atoms with van der Waals surface area (Å²) in [6.07, 6.45) is -10.4. The van der Waals surface area contributed by atoms with Gasteiger partial charge in [0, 0.05) is 16.9 Å². The highest BCUT2D eigenvalue weighted by atomic mass is 19.4. The van der Waals surface area contributed by atoms with Crippen molar-refractivity contribution in [3.05, 3.63) is 83.0 Å². The normalized spacial score (nSPS) is 18.8. The first-order valence-electron chi connectivity index (χ1n) is 9.31. The summed E-state index contributed by atoms with van der Waals surface area (Å²) in [6, 6.07) is 16.0. The number of nitrogens with zero attached hydrogens (tertiary/aromatic N) is 3. The van der Waals surface area contributed by atoms with E-state index in [0.29, 0.717) is 0 Å². The van der Waals surface area contributed by atoms with Gasteiger partial charge in [-0.15, -0.1) is 0 Å². The molecule has 2 aromatic carbocycles. The van der Waals surface area contributed by atoms with Crippen LogP contribution in [0.2, 0.25) is 0 Å². The molecule has 9 heteroatoms. The van der Waals surface area contributed by atoms with Crippen LogP contribution in [0.5, 0.6) is 0 Å². The SMILES string of the molecule is CC1=C(C(F)(F)F)C(=C(C#N)C#N)C(C(F)(F)F)C1N(c1ccccc1)c1ccccc1. The van der Waals surface area contributed by atoms with Crippen molar-refractivity contribution < 1.29 is 26.3 Å². The van der Waals surface area contributed by atoms with E-state index in [2.05, 4.69) is 0 Å². The second kappa shape index (κ2) is 8.43. The Hall–Kier alpha value is -3.72. The Balaban J connectivity index is 2.42. The molecule has 2 aromatic rings. The number of benzene rings is 2. The number of rotatable bonds is 3. The smallest absolute Gasteiger partial charge is 0.333 e. The van der Waals surface area contributed by atoms with Gasteiger partial charge in [-0.3, -0.25) is 0 Å². The molecule has 164 valence electrons. The molecule has 0 aromatic heterocycles. The van der Waals surface area contributed by atoms with Gasteiger partial charge in [0.1, 0.15) is 23.6 Å². The first-order chi connectivity index (χ1) is 15.0. The van der Waals surface area contributed by atoms with Crippen LogP contribution in [-0.4, -0.2) is 18.4 Å². The minimum absolute atomic E-state index is 0.232. The molecule has 3 nitrogen and oxygen atoms in total. The van der Waals surface area contributed by atoms with E-state index in [0.717, 1.165) is 6.92 Å². The second-order valence-corrected chi connectivity index (χ2v) is 7.07. The van der Waals surface area contributed by atoms with Crippen LogP contribution in [0.4, 0.5) is 37.7 Å². The van der Waals surface area contributed by atoms with Crippen LogP contribution >= 0.6 is 0 Å². The molecule has 0 radical (unpaired) electrons. The highest BCUT2D eigenvalue weighted by Crippen LogP contribution is 2.55. The summed E-state index contributed by atoms with van der Waals surface area (Å²) >= 11 is 0. The lowest BCUT2D eigenvalue weighted by molar-refractivity contribution is -0.165. The van der Waals surface area contributed by atoms with Crippen molar-refractivity contribution >= 4 is 11.4 Å². The molecule has 0 heterocycles. The summed E-state index contributed by atoms with van der Waals surface area (Å²) in [5.74, 6) is -2.74. The van der Waals surface area contributed by atoms with E-state index in [9.17, 15) is 36.9 Å². The third-order valence-corrected chi connectivity index (χ3v) is 5.21. The molecule has 0 bridgehead atoms. The lowest BCUT2D eigenvalue weighted by Gasteiger charge is -2.37. The summed E-state index contributed by atoms with van der Waals surface area (Å²) in [4.78, 5) is 1.17. The van der Waals surface area contributed by atoms with Gasteiger partial charge < -0.3 is 4.90 Å². The lowest BCUT2D eigenvalue weighted by atomic mass is 9.89. The number of alkyl halides is 6. The number of nitriles is 2. The highest BCUT2D eigenvalue weighted by Gasteiger charge is 2.60. The summed E-state index contributed by atoms with van der Waals surface area (Å²) in [7, 11) is 0. The van der Waals surface area contributed by atoms with E-state index < -0.39 is 46.6 Å². The Bertz CT molecular complexity index is 1080. The molecule has 1 aliphatic carbocycles. The van der Waals surface area contributed by atoms with Gasteiger partial charge in [-0.25, -0.2) is 0 Å². The van der Waals surface area contributed by atoms with Crippen molar-refractivity contribution in [1.82, 2.24) is 0 Å². The Labute approximate surface area is 180 Å². The lowest BCUT2D eigenvalue weighted by Crippen LogP contribution is -2.43. The number of hydrogen-bond acceptors (Lipinski definition) is 3. The van der Waals surface area contributed by atoms with E-state index in [1.165, 1.54) is 41.3 Å². The third kappa shape index (κ3) is 4.06. The molecule has 2 unspecified atom stereocenters. The molecule has 0 amide bonds. The number of hydrogen-bond donors (Lipinski definition) is 0. The van der Waals surface area contributed by atoms with Gasteiger partial charge in [0.2, 0.25) is 0 Å². The Morgan fingerprint density at radius 3 is 1.59 bits per heavy atom. The van der Waals surface area contributed by atoms with Crippen LogP contribution in [0.1, 0.15) is 6.92 Å². The Morgan fingerprint density at radius 2 is 1.25 bits per heavy atom. The minimum atomic E-state index is -5.20. The number of halogens is 6. The molecule has 32 heavy (non-hydrogen) atoms. The standard InChI is InChI=1S/C23H15F6N3/c1-14-19(22(24,25)26)18(15(12-30)13-31)20(23(27,28)29)21(14)32(16-8-4-2-5-9-16)17-10-6-3-7-11-17/h2-11,20-21H,1H3. The second-order valence-electron chi connectivity index (χ2n) is 7.07. The first-order valence-corrected chi connectivity index (χ1v) is 9.31. The van der Waals surface area contributed by atoms with Crippen molar-refractivity contribution in [3.63, 3.8) is 0 Å². The van der Waals surface area contributed by atoms with Crippen molar-refractivity contribution in [2.75, 3.05) is 4.90 Å². The number of anilines is 2. The first kappa shape index (κ1) is 23.0. The largest absolute Gasteiger partial charge is 0.416 e. The predicted octanol–water partition coefficient (Wildman–Crippen LogP) is 6.61. The van der Waals surface area contributed by atoms with E-state index in [1.54, 1.807) is 36.4 Å². The molecule has 0 saturated heterocycles. The van der Waals surface area contributed by atoms with E-state index in [4.69, 9.17) is 0 Å². The van der Waals surface area contributed by atoms with Gasteiger partial charge in [-0.2, -0.15) is 36.9 Å². The van der Waals surface area contributed by atoms with Gasteiger partial charge in [-0.05, 0) is 36.8 Å². The van der Waals surface area contributed by atoms with E-state index >= 15 is 0 Å². The van der Waals surface area contributed by atoms with Crippen molar-refractivity contribution in [2.45, 2.75) is 25.3 Å². The van der Waals surface area contributed by atoms with Gasteiger partial charge in [0.25, 0.3) is 0 Å². The fraction of sp³-hybridized carbons (Fsp3) is 0.217. The van der Waals surface area contributed by atoms with Crippen molar-refractivity contribution in [2.24, 2.45) is 5.92 Å². The molecule has 0 fully saturated rings. The highest BCUT2D eigenvalue weighted by molar-refractivity contribution is 5.70. The molecule has 1 aliphatic rings. The zero-order valence-corrected chi connectivity index (χ0v) is 16.5. The molecule has 0 N–H and O–H groups in total. The van der Waals surface area contributed by atoms with Crippen LogP contribution in [-0.2, 0) is 0 Å². The summed E-state index contributed by atoms with van der Waals surface area (Å²) in [5, 5.41) is 18.4. The average molecular weight is 447 g/mol. The molecular formula is C23H15F6N3. The third-order valence-electron chi connectivity index (χ3n) is 5.21. The quantitative estimate of drug-likeness (QED) is 0.393. The predicted molar refractivity (Wildman–Crippen MR) is 105 cm³/mol. The van der Waals surface area contributed by atoms with Gasteiger partial charge in [-0.1, -0.05) is 36.4 Å². The summed E-state index contributed by atoms with van der Waals surface area (Å²) in [6.45, 7) is 0.963. The summed E-state index contributed by atoms with van der Waals surface area (Å²) in [5.41, 5.74) is -4.28. The molecule has 2 atom stereocenters. The number of allylic oxidation sites excluding steroid dienone is 2. The topological polar surface area (TPSA) is 50.8 Å². The maximum absolute atomic E-state index is 14.3. The zero-order chi connectivity index (χ0) is 23.7. The molecule has 0 saturated carbocycles. The molecular weight excluding hydrogens is 432 g/mol. The average Bonchev–Trinajstić information content (AvgIpc) is 3.04. The van der Waals surface area contributed by atoms with Crippen LogP contribution < -0.4 is 4.90 Å². The Morgan fingerprint density at radius 1 is 0.812 bits per heavy atom. The summed E-state index contributed by atoms with van der Waals surface area (Å²) < 4.78 is 85.0. The monoisotopic (exact) mass is 447 g/mol. The fourth-order valence-electron chi connectivity index (χ4n) is 4.06. The van der Waals surface area contributed by atoms with Crippen LogP contribution in [0.15, 0.2) is 83.0 Å². The minimum Gasteiger partial charge on any atom is -0.333 e.